The number of aromatic nitrogens is 3. The van der Waals surface area contributed by atoms with E-state index in [9.17, 15) is 4.79 Å². The lowest BCUT2D eigenvalue weighted by atomic mass is 10.2. The van der Waals surface area contributed by atoms with Gasteiger partial charge in [0, 0.05) is 10.5 Å². The number of hydrogen-bond donors (Lipinski definition) is 2. The molecule has 18 heavy (non-hydrogen) atoms. The van der Waals surface area contributed by atoms with Gasteiger partial charge in [-0.05, 0) is 24.6 Å². The molecule has 1 aromatic carbocycles. The molecule has 0 aliphatic rings. The number of H-pyrrole nitrogens is 1. The van der Waals surface area contributed by atoms with Gasteiger partial charge in [0.05, 0.1) is 0 Å². The first-order chi connectivity index (χ1) is 8.65. The molecule has 0 bridgehead atoms. The zero-order chi connectivity index (χ0) is 13.0. The maximum Gasteiger partial charge on any atom is 0.250 e. The summed E-state index contributed by atoms with van der Waals surface area (Å²) < 4.78 is 0.933. The zero-order valence-corrected chi connectivity index (χ0v) is 11.2. The predicted octanol–water partition coefficient (Wildman–Crippen LogP) is 2.53. The normalized spacial score (nSPS) is 10.8. The number of rotatable bonds is 3. The van der Waals surface area contributed by atoms with E-state index < -0.39 is 0 Å². The van der Waals surface area contributed by atoms with Crippen molar-refractivity contribution in [2.75, 3.05) is 5.32 Å². The van der Waals surface area contributed by atoms with Gasteiger partial charge in [-0.15, -0.1) is 5.10 Å². The Morgan fingerprint density at radius 1 is 1.44 bits per heavy atom. The van der Waals surface area contributed by atoms with Gasteiger partial charge in [0.25, 0.3) is 5.91 Å². The van der Waals surface area contributed by atoms with Crippen molar-refractivity contribution in [3.8, 4) is 0 Å². The van der Waals surface area contributed by atoms with Gasteiger partial charge < -0.3 is 0 Å². The summed E-state index contributed by atoms with van der Waals surface area (Å²) in [5.41, 5.74) is 0.929. The van der Waals surface area contributed by atoms with Crippen LogP contribution in [0.4, 0.5) is 5.95 Å². The van der Waals surface area contributed by atoms with E-state index >= 15 is 0 Å². The minimum atomic E-state index is -0.273. The van der Waals surface area contributed by atoms with Crippen molar-refractivity contribution < 1.29 is 4.79 Å². The number of aromatic amines is 1. The van der Waals surface area contributed by atoms with Crippen LogP contribution in [0.25, 0.3) is 6.08 Å². The maximum atomic E-state index is 11.6. The second-order valence-corrected chi connectivity index (χ2v) is 4.44. The molecule has 0 aliphatic heterocycles. The summed E-state index contributed by atoms with van der Waals surface area (Å²) in [4.78, 5) is 15.6. The Morgan fingerprint density at radius 2 is 2.22 bits per heavy atom. The van der Waals surface area contributed by atoms with Crippen molar-refractivity contribution in [3.63, 3.8) is 0 Å². The third-order valence-corrected chi connectivity index (χ3v) is 2.87. The summed E-state index contributed by atoms with van der Waals surface area (Å²) in [6.45, 7) is 1.76. The van der Waals surface area contributed by atoms with E-state index in [1.807, 2.05) is 24.3 Å². The average molecular weight is 307 g/mol. The number of carbonyl (C=O) groups excluding carboxylic acids is 1. The number of nitrogens with zero attached hydrogens (tertiary/aromatic N) is 2. The SMILES string of the molecule is Cc1nc(NC(=O)/C=C/c2ccccc2Br)n[nH]1. The van der Waals surface area contributed by atoms with Crippen LogP contribution >= 0.6 is 15.9 Å². The molecule has 1 heterocycles. The number of halogens is 1. The van der Waals surface area contributed by atoms with Crippen LogP contribution in [0.1, 0.15) is 11.4 Å². The Kier molecular flexibility index (Phi) is 3.88. The molecule has 2 N–H and O–H groups in total. The number of aryl methyl sites for hydroxylation is 1. The average Bonchev–Trinajstić information content (AvgIpc) is 2.74. The van der Waals surface area contributed by atoms with Gasteiger partial charge in [0.15, 0.2) is 0 Å². The fourth-order valence-electron chi connectivity index (χ4n) is 1.33. The highest BCUT2D eigenvalue weighted by molar-refractivity contribution is 9.10. The molecule has 0 fully saturated rings. The number of nitrogens with one attached hydrogen (secondary N) is 2. The smallest absolute Gasteiger partial charge is 0.250 e. The van der Waals surface area contributed by atoms with E-state index in [0.717, 1.165) is 10.0 Å². The quantitative estimate of drug-likeness (QED) is 0.856. The summed E-state index contributed by atoms with van der Waals surface area (Å²) in [5.74, 6) is 0.652. The van der Waals surface area contributed by atoms with E-state index in [1.54, 1.807) is 13.0 Å². The molecule has 92 valence electrons. The van der Waals surface area contributed by atoms with Gasteiger partial charge >= 0.3 is 0 Å². The van der Waals surface area contributed by atoms with E-state index in [2.05, 4.69) is 36.4 Å². The molecule has 6 heteroatoms. The highest BCUT2D eigenvalue weighted by Gasteiger charge is 2.02. The predicted molar refractivity (Wildman–Crippen MR) is 72.9 cm³/mol. The van der Waals surface area contributed by atoms with Crippen LogP contribution in [0.3, 0.4) is 0 Å². The van der Waals surface area contributed by atoms with Gasteiger partial charge in [-0.2, -0.15) is 4.98 Å². The summed E-state index contributed by atoms with van der Waals surface area (Å²) in [5, 5.41) is 9.02. The number of amides is 1. The molecule has 0 saturated heterocycles. The molecule has 2 rings (SSSR count). The van der Waals surface area contributed by atoms with Crippen LogP contribution in [-0.2, 0) is 4.79 Å². The van der Waals surface area contributed by atoms with Crippen molar-refractivity contribution in [2.45, 2.75) is 6.92 Å². The first-order valence-electron chi connectivity index (χ1n) is 5.28. The second-order valence-electron chi connectivity index (χ2n) is 3.59. The Labute approximate surface area is 112 Å². The molecule has 0 aliphatic carbocycles. The van der Waals surface area contributed by atoms with Crippen LogP contribution in [0.15, 0.2) is 34.8 Å². The number of hydrogen-bond acceptors (Lipinski definition) is 3. The summed E-state index contributed by atoms with van der Waals surface area (Å²) in [7, 11) is 0. The first kappa shape index (κ1) is 12.5. The highest BCUT2D eigenvalue weighted by atomic mass is 79.9. The third kappa shape index (κ3) is 3.27. The molecule has 2 aromatic rings. The van der Waals surface area contributed by atoms with Crippen LogP contribution in [-0.4, -0.2) is 21.1 Å². The fraction of sp³-hybridized carbons (Fsp3) is 0.0833. The molecule has 0 radical (unpaired) electrons. The van der Waals surface area contributed by atoms with E-state index in [4.69, 9.17) is 0 Å². The van der Waals surface area contributed by atoms with Crippen molar-refractivity contribution in [1.82, 2.24) is 15.2 Å². The molecule has 0 saturated carbocycles. The lowest BCUT2D eigenvalue weighted by Crippen LogP contribution is -2.09. The number of carbonyl (C=O) groups is 1. The Balaban J connectivity index is 2.01. The monoisotopic (exact) mass is 306 g/mol. The number of anilines is 1. The van der Waals surface area contributed by atoms with E-state index in [0.29, 0.717) is 5.82 Å². The van der Waals surface area contributed by atoms with Gasteiger partial charge in [-0.3, -0.25) is 15.2 Å². The van der Waals surface area contributed by atoms with E-state index in [1.165, 1.54) is 6.08 Å². The van der Waals surface area contributed by atoms with Crippen LogP contribution < -0.4 is 5.32 Å². The van der Waals surface area contributed by atoms with Gasteiger partial charge in [-0.1, -0.05) is 34.1 Å². The topological polar surface area (TPSA) is 70.7 Å². The molecular formula is C12H11BrN4O. The Morgan fingerprint density at radius 3 is 2.89 bits per heavy atom. The lowest BCUT2D eigenvalue weighted by Gasteiger charge is -1.97. The standard InChI is InChI=1S/C12H11BrN4O/c1-8-14-12(17-16-8)15-11(18)7-6-9-4-2-3-5-10(9)13/h2-7H,1H3,(H2,14,15,16,17,18)/b7-6+. The molecular weight excluding hydrogens is 296 g/mol. The van der Waals surface area contributed by atoms with Crippen LogP contribution in [0, 0.1) is 6.92 Å². The lowest BCUT2D eigenvalue weighted by molar-refractivity contribution is -0.111. The molecule has 0 spiro atoms. The minimum absolute atomic E-state index is 0.272. The maximum absolute atomic E-state index is 11.6. The Bertz CT molecular complexity index is 591. The largest absolute Gasteiger partial charge is 0.290 e. The van der Waals surface area contributed by atoms with Crippen LogP contribution in [0.5, 0.6) is 0 Å². The van der Waals surface area contributed by atoms with Crippen molar-refractivity contribution in [3.05, 3.63) is 46.2 Å². The van der Waals surface area contributed by atoms with E-state index in [-0.39, 0.29) is 11.9 Å². The highest BCUT2D eigenvalue weighted by Crippen LogP contribution is 2.17. The van der Waals surface area contributed by atoms with Gasteiger partial charge in [0.1, 0.15) is 5.82 Å². The molecule has 1 amide bonds. The molecule has 0 atom stereocenters. The first-order valence-corrected chi connectivity index (χ1v) is 6.07. The molecule has 0 unspecified atom stereocenters. The molecule has 1 aromatic heterocycles. The van der Waals surface area contributed by atoms with Crippen molar-refractivity contribution in [2.24, 2.45) is 0 Å². The van der Waals surface area contributed by atoms with Gasteiger partial charge in [-0.25, -0.2) is 0 Å². The molecule has 5 nitrogen and oxygen atoms in total. The van der Waals surface area contributed by atoms with Crippen molar-refractivity contribution >= 4 is 33.9 Å². The third-order valence-electron chi connectivity index (χ3n) is 2.15. The minimum Gasteiger partial charge on any atom is -0.290 e. The zero-order valence-electron chi connectivity index (χ0n) is 9.64. The van der Waals surface area contributed by atoms with Crippen LogP contribution in [0.2, 0.25) is 0 Å². The summed E-state index contributed by atoms with van der Waals surface area (Å²) >= 11 is 3.40. The van der Waals surface area contributed by atoms with Gasteiger partial charge in [0.2, 0.25) is 5.95 Å². The Hall–Kier alpha value is -1.95. The van der Waals surface area contributed by atoms with Crippen molar-refractivity contribution in [1.29, 1.82) is 0 Å². The number of benzene rings is 1. The summed E-state index contributed by atoms with van der Waals surface area (Å²) in [6.07, 6.45) is 3.16. The second kappa shape index (κ2) is 5.59. The fourth-order valence-corrected chi connectivity index (χ4v) is 1.74. The summed E-state index contributed by atoms with van der Waals surface area (Å²) in [6, 6.07) is 7.64.